The van der Waals surface area contributed by atoms with Crippen molar-refractivity contribution in [1.82, 2.24) is 4.98 Å². The molecule has 106 valence electrons. The Hall–Kier alpha value is -0.990. The highest BCUT2D eigenvalue weighted by atomic mass is 19.1. The lowest BCUT2D eigenvalue weighted by Crippen LogP contribution is -2.15. The minimum absolute atomic E-state index is 0.553. The van der Waals surface area contributed by atoms with E-state index in [1.54, 1.807) is 0 Å². The summed E-state index contributed by atoms with van der Waals surface area (Å²) in [6.07, 6.45) is 9.49. The van der Waals surface area contributed by atoms with E-state index in [9.17, 15) is 8.78 Å². The van der Waals surface area contributed by atoms with Crippen LogP contribution in [0.1, 0.15) is 57.4 Å². The van der Waals surface area contributed by atoms with Crippen LogP contribution < -0.4 is 0 Å². The highest BCUT2D eigenvalue weighted by molar-refractivity contribution is 5.11. The van der Waals surface area contributed by atoms with E-state index in [-0.39, 0.29) is 0 Å². The zero-order valence-electron chi connectivity index (χ0n) is 11.7. The van der Waals surface area contributed by atoms with Crippen LogP contribution in [0, 0.1) is 23.7 Å². The van der Waals surface area contributed by atoms with Gasteiger partial charge in [0.2, 0.25) is 11.9 Å². The molecule has 0 bridgehead atoms. The molecule has 1 saturated carbocycles. The molecular weight excluding hydrogens is 244 g/mol. The minimum Gasteiger partial charge on any atom is -0.190 e. The van der Waals surface area contributed by atoms with Crippen LogP contribution in [0.4, 0.5) is 8.78 Å². The van der Waals surface area contributed by atoms with Crippen LogP contribution in [-0.2, 0) is 6.42 Å². The number of nitrogens with zero attached hydrogens (tertiary/aromatic N) is 1. The van der Waals surface area contributed by atoms with Crippen LogP contribution in [0.15, 0.2) is 12.1 Å². The van der Waals surface area contributed by atoms with Crippen LogP contribution >= 0.6 is 0 Å². The van der Waals surface area contributed by atoms with Gasteiger partial charge in [-0.3, -0.25) is 0 Å². The van der Waals surface area contributed by atoms with E-state index in [2.05, 4.69) is 11.9 Å². The second kappa shape index (κ2) is 6.97. The molecular formula is C16H23F2N. The first kappa shape index (κ1) is 14.4. The molecule has 0 spiro atoms. The number of rotatable bonds is 5. The Morgan fingerprint density at radius 1 is 1.05 bits per heavy atom. The van der Waals surface area contributed by atoms with Crippen LogP contribution in [0.25, 0.3) is 0 Å². The molecule has 1 aliphatic carbocycles. The summed E-state index contributed by atoms with van der Waals surface area (Å²) in [6, 6.07) is 2.77. The molecule has 1 nitrogen and oxygen atoms in total. The fourth-order valence-corrected chi connectivity index (χ4v) is 3.20. The number of aromatic nitrogens is 1. The van der Waals surface area contributed by atoms with Crippen molar-refractivity contribution in [2.45, 2.75) is 58.3 Å². The SMILES string of the molecule is CCC[C@H]1CC[C@H](CCc2ccc(F)nc2F)CC1. The first-order valence-corrected chi connectivity index (χ1v) is 7.50. The summed E-state index contributed by atoms with van der Waals surface area (Å²) in [7, 11) is 0. The third-order valence-corrected chi connectivity index (χ3v) is 4.38. The number of halogens is 2. The van der Waals surface area contributed by atoms with E-state index in [0.717, 1.165) is 12.3 Å². The summed E-state index contributed by atoms with van der Waals surface area (Å²) in [6.45, 7) is 2.25. The molecule has 1 fully saturated rings. The smallest absolute Gasteiger partial charge is 0.190 e. The predicted molar refractivity (Wildman–Crippen MR) is 72.8 cm³/mol. The lowest BCUT2D eigenvalue weighted by atomic mass is 9.78. The highest BCUT2D eigenvalue weighted by Crippen LogP contribution is 2.33. The van der Waals surface area contributed by atoms with Crippen molar-refractivity contribution in [1.29, 1.82) is 0 Å². The van der Waals surface area contributed by atoms with E-state index in [1.165, 1.54) is 50.7 Å². The normalized spacial score (nSPS) is 23.5. The van der Waals surface area contributed by atoms with Gasteiger partial charge in [0.25, 0.3) is 0 Å². The quantitative estimate of drug-likeness (QED) is 0.691. The Balaban J connectivity index is 1.77. The average molecular weight is 267 g/mol. The van der Waals surface area contributed by atoms with E-state index in [1.807, 2.05) is 0 Å². The number of aryl methyl sites for hydroxylation is 1. The molecule has 1 aromatic rings. The topological polar surface area (TPSA) is 12.9 Å². The van der Waals surface area contributed by atoms with Crippen molar-refractivity contribution >= 4 is 0 Å². The Labute approximate surface area is 114 Å². The van der Waals surface area contributed by atoms with E-state index >= 15 is 0 Å². The van der Waals surface area contributed by atoms with Gasteiger partial charge >= 0.3 is 0 Å². The van der Waals surface area contributed by atoms with Gasteiger partial charge in [-0.15, -0.1) is 0 Å². The molecule has 0 N–H and O–H groups in total. The number of hydrogen-bond donors (Lipinski definition) is 0. The molecule has 0 aromatic carbocycles. The largest absolute Gasteiger partial charge is 0.218 e. The molecule has 0 radical (unpaired) electrons. The summed E-state index contributed by atoms with van der Waals surface area (Å²) >= 11 is 0. The van der Waals surface area contributed by atoms with Gasteiger partial charge in [0.15, 0.2) is 0 Å². The molecule has 1 aromatic heterocycles. The van der Waals surface area contributed by atoms with Crippen molar-refractivity contribution in [3.8, 4) is 0 Å². The Morgan fingerprint density at radius 3 is 2.26 bits per heavy atom. The second-order valence-electron chi connectivity index (χ2n) is 5.80. The van der Waals surface area contributed by atoms with Gasteiger partial charge in [0, 0.05) is 5.56 Å². The molecule has 3 heteroatoms. The van der Waals surface area contributed by atoms with Gasteiger partial charge < -0.3 is 0 Å². The minimum atomic E-state index is -0.735. The Kier molecular flexibility index (Phi) is 5.29. The van der Waals surface area contributed by atoms with E-state index in [0.29, 0.717) is 17.9 Å². The molecule has 0 aliphatic heterocycles. The number of hydrogen-bond acceptors (Lipinski definition) is 1. The molecule has 0 amide bonds. The molecule has 2 rings (SSSR count). The molecule has 19 heavy (non-hydrogen) atoms. The van der Waals surface area contributed by atoms with Gasteiger partial charge in [-0.05, 0) is 36.8 Å². The van der Waals surface area contributed by atoms with Crippen molar-refractivity contribution < 1.29 is 8.78 Å². The predicted octanol–water partition coefficient (Wildman–Crippen LogP) is 4.90. The van der Waals surface area contributed by atoms with Crippen LogP contribution in [-0.4, -0.2) is 4.98 Å². The molecule has 0 saturated heterocycles. The summed E-state index contributed by atoms with van der Waals surface area (Å²) in [5, 5.41) is 0. The lowest BCUT2D eigenvalue weighted by Gasteiger charge is -2.28. The summed E-state index contributed by atoms with van der Waals surface area (Å²) in [4.78, 5) is 3.24. The highest BCUT2D eigenvalue weighted by Gasteiger charge is 2.20. The molecule has 1 aliphatic rings. The third kappa shape index (κ3) is 4.26. The lowest BCUT2D eigenvalue weighted by molar-refractivity contribution is 0.251. The van der Waals surface area contributed by atoms with Crippen LogP contribution in [0.5, 0.6) is 0 Å². The summed E-state index contributed by atoms with van der Waals surface area (Å²) in [5.74, 6) is 0.240. The zero-order valence-corrected chi connectivity index (χ0v) is 11.7. The van der Waals surface area contributed by atoms with Gasteiger partial charge in [-0.2, -0.15) is 13.8 Å². The maximum atomic E-state index is 13.4. The van der Waals surface area contributed by atoms with Crippen LogP contribution in [0.3, 0.4) is 0 Å². The van der Waals surface area contributed by atoms with Crippen molar-refractivity contribution in [3.63, 3.8) is 0 Å². The molecule has 0 atom stereocenters. The van der Waals surface area contributed by atoms with E-state index in [4.69, 9.17) is 0 Å². The van der Waals surface area contributed by atoms with Crippen molar-refractivity contribution in [2.24, 2.45) is 11.8 Å². The van der Waals surface area contributed by atoms with Crippen LogP contribution in [0.2, 0.25) is 0 Å². The summed E-state index contributed by atoms with van der Waals surface area (Å²) in [5.41, 5.74) is 0.553. The fraction of sp³-hybridized carbons (Fsp3) is 0.688. The third-order valence-electron chi connectivity index (χ3n) is 4.38. The first-order valence-electron chi connectivity index (χ1n) is 7.50. The monoisotopic (exact) mass is 267 g/mol. The van der Waals surface area contributed by atoms with Crippen molar-refractivity contribution in [3.05, 3.63) is 29.6 Å². The van der Waals surface area contributed by atoms with Gasteiger partial charge in [0.05, 0.1) is 0 Å². The Morgan fingerprint density at radius 2 is 1.68 bits per heavy atom. The first-order chi connectivity index (χ1) is 9.19. The van der Waals surface area contributed by atoms with Gasteiger partial charge in [-0.1, -0.05) is 45.4 Å². The number of pyridine rings is 1. The van der Waals surface area contributed by atoms with Gasteiger partial charge in [0.1, 0.15) is 0 Å². The van der Waals surface area contributed by atoms with Gasteiger partial charge in [-0.25, -0.2) is 0 Å². The maximum Gasteiger partial charge on any atom is 0.218 e. The zero-order chi connectivity index (χ0) is 13.7. The Bertz CT molecular complexity index is 398. The second-order valence-corrected chi connectivity index (χ2v) is 5.80. The average Bonchev–Trinajstić information content (AvgIpc) is 2.40. The summed E-state index contributed by atoms with van der Waals surface area (Å²) < 4.78 is 26.1. The molecule has 0 unspecified atom stereocenters. The standard InChI is InChI=1S/C16H23F2N/c1-2-3-12-4-6-13(7-5-12)8-9-14-10-11-15(17)19-16(14)18/h10-13H,2-9H2,1H3/t12-,13-. The van der Waals surface area contributed by atoms with E-state index < -0.39 is 11.9 Å². The molecule has 1 heterocycles. The maximum absolute atomic E-state index is 13.4. The fourth-order valence-electron chi connectivity index (χ4n) is 3.20. The van der Waals surface area contributed by atoms with Crippen molar-refractivity contribution in [2.75, 3.05) is 0 Å².